The van der Waals surface area contributed by atoms with Crippen molar-refractivity contribution in [3.63, 3.8) is 0 Å². The number of hydrogen-bond donors (Lipinski definition) is 1. The van der Waals surface area contributed by atoms with E-state index in [4.69, 9.17) is 0 Å². The molecular weight excluding hydrogens is 388 g/mol. The summed E-state index contributed by atoms with van der Waals surface area (Å²) in [6.07, 6.45) is 0. The lowest BCUT2D eigenvalue weighted by atomic mass is 10.2. The van der Waals surface area contributed by atoms with E-state index in [0.717, 1.165) is 4.90 Å². The summed E-state index contributed by atoms with van der Waals surface area (Å²) >= 11 is 0. The highest BCUT2D eigenvalue weighted by Gasteiger charge is 2.45. The number of alkyl halides is 2. The van der Waals surface area contributed by atoms with Crippen LogP contribution in [-0.4, -0.2) is 46.7 Å². The Hall–Kier alpha value is -3.82. The highest BCUT2D eigenvalue weighted by atomic mass is 19.3. The normalized spacial score (nSPS) is 14.0. The summed E-state index contributed by atoms with van der Waals surface area (Å²) in [4.78, 5) is 50.2. The molecule has 0 unspecified atom stereocenters. The quantitative estimate of drug-likeness (QED) is 0.565. The van der Waals surface area contributed by atoms with Crippen LogP contribution in [0.15, 0.2) is 54.6 Å². The second-order valence-corrected chi connectivity index (χ2v) is 5.97. The molecule has 0 spiro atoms. The summed E-state index contributed by atoms with van der Waals surface area (Å²) in [6, 6.07) is 13.1. The van der Waals surface area contributed by atoms with Gasteiger partial charge in [-0.15, -0.1) is 0 Å². The number of ether oxygens (including phenoxy) is 1. The van der Waals surface area contributed by atoms with Gasteiger partial charge in [-0.3, -0.25) is 19.3 Å². The third kappa shape index (κ3) is 4.54. The molecule has 2 aromatic carbocycles. The number of para-hydroxylation sites is 2. The number of hydrogen-bond acceptors (Lipinski definition) is 5. The van der Waals surface area contributed by atoms with E-state index in [1.165, 1.54) is 24.3 Å². The minimum atomic E-state index is -3.10. The summed E-state index contributed by atoms with van der Waals surface area (Å²) in [5.41, 5.74) is 0.565. The van der Waals surface area contributed by atoms with Crippen molar-refractivity contribution in [1.82, 2.24) is 9.80 Å². The Bertz CT molecular complexity index is 952. The first-order valence-electron chi connectivity index (χ1n) is 8.41. The fourth-order valence-corrected chi connectivity index (χ4v) is 2.70. The van der Waals surface area contributed by atoms with Crippen LogP contribution in [0.4, 0.5) is 19.3 Å². The minimum absolute atomic E-state index is 0.0654. The average molecular weight is 403 g/mol. The van der Waals surface area contributed by atoms with E-state index in [9.17, 15) is 28.0 Å². The Kier molecular flexibility index (Phi) is 5.82. The van der Waals surface area contributed by atoms with Gasteiger partial charge in [-0.2, -0.15) is 8.78 Å². The van der Waals surface area contributed by atoms with Gasteiger partial charge < -0.3 is 10.1 Å². The van der Waals surface area contributed by atoms with Crippen LogP contribution in [0.25, 0.3) is 0 Å². The zero-order valence-electron chi connectivity index (χ0n) is 14.9. The summed E-state index contributed by atoms with van der Waals surface area (Å²) in [5.74, 6) is -3.32. The Morgan fingerprint density at radius 2 is 1.55 bits per heavy atom. The lowest BCUT2D eigenvalue weighted by molar-refractivity contribution is -0.143. The molecule has 0 radical (unpaired) electrons. The first kappa shape index (κ1) is 19.9. The molecule has 1 fully saturated rings. The molecule has 8 nitrogen and oxygen atoms in total. The highest BCUT2D eigenvalue weighted by Crippen LogP contribution is 2.25. The maximum Gasteiger partial charge on any atom is 0.387 e. The standard InChI is InChI=1S/C19H15F2N3O5/c20-18(21)29-14-9-5-4-8-13(14)22-15(25)11-24-17(27)16(26)23(19(24)28)10-12-6-2-1-3-7-12/h1-9,18H,10-11H2,(H,22,25). The van der Waals surface area contributed by atoms with E-state index in [1.807, 2.05) is 0 Å². The molecule has 0 aromatic heterocycles. The third-order valence-electron chi connectivity index (χ3n) is 4.00. The van der Waals surface area contributed by atoms with Crippen molar-refractivity contribution in [2.75, 3.05) is 11.9 Å². The largest absolute Gasteiger partial charge is 0.433 e. The summed E-state index contributed by atoms with van der Waals surface area (Å²) in [5, 5.41) is 2.29. The van der Waals surface area contributed by atoms with Crippen LogP contribution in [-0.2, 0) is 20.9 Å². The van der Waals surface area contributed by atoms with Gasteiger partial charge in [0.1, 0.15) is 12.3 Å². The van der Waals surface area contributed by atoms with E-state index in [-0.39, 0.29) is 18.0 Å². The number of halogens is 2. The van der Waals surface area contributed by atoms with Gasteiger partial charge >= 0.3 is 24.5 Å². The predicted octanol–water partition coefficient (Wildman–Crippen LogP) is 2.22. The first-order chi connectivity index (χ1) is 13.9. The number of anilines is 1. The molecule has 1 aliphatic heterocycles. The number of rotatable bonds is 7. The molecule has 150 valence electrons. The lowest BCUT2D eigenvalue weighted by Crippen LogP contribution is -2.38. The molecule has 5 amide bonds. The maximum absolute atomic E-state index is 12.5. The van der Waals surface area contributed by atoms with Crippen LogP contribution >= 0.6 is 0 Å². The number of imide groups is 2. The van der Waals surface area contributed by atoms with Crippen LogP contribution < -0.4 is 10.1 Å². The van der Waals surface area contributed by atoms with Gasteiger partial charge in [0.25, 0.3) is 0 Å². The maximum atomic E-state index is 12.5. The van der Waals surface area contributed by atoms with Gasteiger partial charge in [0.2, 0.25) is 5.91 Å². The molecule has 1 saturated heterocycles. The second kappa shape index (κ2) is 8.46. The number of amides is 5. The summed E-state index contributed by atoms with van der Waals surface area (Å²) in [6.45, 7) is -3.97. The molecule has 29 heavy (non-hydrogen) atoms. The van der Waals surface area contributed by atoms with Gasteiger partial charge in [0.15, 0.2) is 0 Å². The fourth-order valence-electron chi connectivity index (χ4n) is 2.70. The topological polar surface area (TPSA) is 96.0 Å². The Morgan fingerprint density at radius 1 is 0.931 bits per heavy atom. The monoisotopic (exact) mass is 403 g/mol. The average Bonchev–Trinajstić information content (AvgIpc) is 2.88. The molecule has 0 atom stereocenters. The molecular formula is C19H15F2N3O5. The van der Waals surface area contributed by atoms with E-state index >= 15 is 0 Å². The van der Waals surface area contributed by atoms with Crippen LogP contribution in [0.2, 0.25) is 0 Å². The lowest BCUT2D eigenvalue weighted by Gasteiger charge is -2.16. The van der Waals surface area contributed by atoms with Gasteiger partial charge in [-0.25, -0.2) is 9.69 Å². The van der Waals surface area contributed by atoms with Gasteiger partial charge in [-0.1, -0.05) is 42.5 Å². The molecule has 1 aliphatic rings. The molecule has 0 aliphatic carbocycles. The second-order valence-electron chi connectivity index (χ2n) is 5.97. The van der Waals surface area contributed by atoms with Crippen molar-refractivity contribution in [2.24, 2.45) is 0 Å². The van der Waals surface area contributed by atoms with Crippen molar-refractivity contribution < 1.29 is 32.7 Å². The van der Waals surface area contributed by atoms with Crippen LogP contribution in [0.1, 0.15) is 5.56 Å². The molecule has 10 heteroatoms. The number of nitrogens with zero attached hydrogens (tertiary/aromatic N) is 2. The van der Waals surface area contributed by atoms with E-state index in [2.05, 4.69) is 10.1 Å². The number of nitrogens with one attached hydrogen (secondary N) is 1. The van der Waals surface area contributed by atoms with Crippen molar-refractivity contribution >= 4 is 29.4 Å². The van der Waals surface area contributed by atoms with Crippen molar-refractivity contribution in [3.05, 3.63) is 60.2 Å². The molecule has 3 rings (SSSR count). The Morgan fingerprint density at radius 3 is 2.24 bits per heavy atom. The number of benzene rings is 2. The first-order valence-corrected chi connectivity index (χ1v) is 8.41. The zero-order chi connectivity index (χ0) is 21.0. The molecule has 2 aromatic rings. The third-order valence-corrected chi connectivity index (χ3v) is 4.00. The fraction of sp³-hybridized carbons (Fsp3) is 0.158. The highest BCUT2D eigenvalue weighted by molar-refractivity contribution is 6.45. The number of carbonyl (C=O) groups excluding carboxylic acids is 4. The SMILES string of the molecule is O=C(CN1C(=O)C(=O)N(Cc2ccccc2)C1=O)Nc1ccccc1OC(F)F. The molecule has 1 heterocycles. The van der Waals surface area contributed by atoms with Gasteiger partial charge in [-0.05, 0) is 17.7 Å². The predicted molar refractivity (Wildman–Crippen MR) is 95.8 cm³/mol. The van der Waals surface area contributed by atoms with E-state index < -0.39 is 36.9 Å². The minimum Gasteiger partial charge on any atom is -0.433 e. The van der Waals surface area contributed by atoms with Crippen molar-refractivity contribution in [1.29, 1.82) is 0 Å². The van der Waals surface area contributed by atoms with Crippen LogP contribution in [0, 0.1) is 0 Å². The van der Waals surface area contributed by atoms with E-state index in [1.54, 1.807) is 30.3 Å². The van der Waals surface area contributed by atoms with Crippen LogP contribution in [0.3, 0.4) is 0 Å². The summed E-state index contributed by atoms with van der Waals surface area (Å²) < 4.78 is 29.2. The summed E-state index contributed by atoms with van der Waals surface area (Å²) in [7, 11) is 0. The molecule has 1 N–H and O–H groups in total. The van der Waals surface area contributed by atoms with Crippen molar-refractivity contribution in [2.45, 2.75) is 13.2 Å². The van der Waals surface area contributed by atoms with E-state index in [0.29, 0.717) is 10.5 Å². The Balaban J connectivity index is 1.68. The van der Waals surface area contributed by atoms with Crippen LogP contribution in [0.5, 0.6) is 5.75 Å². The number of carbonyl (C=O) groups is 4. The molecule has 0 bridgehead atoms. The van der Waals surface area contributed by atoms with Crippen molar-refractivity contribution in [3.8, 4) is 5.75 Å². The molecule has 0 saturated carbocycles. The Labute approximate surface area is 163 Å². The van der Waals surface area contributed by atoms with Gasteiger partial charge in [0.05, 0.1) is 12.2 Å². The zero-order valence-corrected chi connectivity index (χ0v) is 14.9. The van der Waals surface area contributed by atoms with Gasteiger partial charge in [0, 0.05) is 0 Å². The number of urea groups is 1. The smallest absolute Gasteiger partial charge is 0.387 e.